The molecule has 28 heavy (non-hydrogen) atoms. The Morgan fingerprint density at radius 2 is 1.14 bits per heavy atom. The maximum atomic E-state index is 12.2. The first-order valence-electron chi connectivity index (χ1n) is 7.54. The highest BCUT2D eigenvalue weighted by Crippen LogP contribution is 2.30. The van der Waals surface area contributed by atoms with E-state index >= 15 is 0 Å². The Labute approximate surface area is 157 Å². The maximum absolute atomic E-state index is 12.2. The van der Waals surface area contributed by atoms with Gasteiger partial charge < -0.3 is 20.1 Å². The van der Waals surface area contributed by atoms with E-state index in [1.54, 1.807) is 0 Å². The number of anilines is 2. The number of hydrogen-bond donors (Lipinski definition) is 2. The highest BCUT2D eigenvalue weighted by molar-refractivity contribution is 6.44. The number of nitro benzene ring substituents is 2. The van der Waals surface area contributed by atoms with Gasteiger partial charge in [-0.1, -0.05) is 0 Å². The second-order valence-corrected chi connectivity index (χ2v) is 5.19. The zero-order chi connectivity index (χ0) is 20.8. The number of nitrogens with one attached hydrogen (secondary N) is 2. The summed E-state index contributed by atoms with van der Waals surface area (Å²) >= 11 is 0. The quantitative estimate of drug-likeness (QED) is 0.430. The average Bonchev–Trinajstić information content (AvgIpc) is 2.67. The lowest BCUT2D eigenvalue weighted by atomic mass is 10.2. The van der Waals surface area contributed by atoms with Crippen LogP contribution in [0.25, 0.3) is 0 Å². The summed E-state index contributed by atoms with van der Waals surface area (Å²) in [5.74, 6) is -2.15. The molecule has 0 fully saturated rings. The largest absolute Gasteiger partial charge is 0.495 e. The fraction of sp³-hybridized carbons (Fsp3) is 0.125. The SMILES string of the molecule is COc1ccc([N+](=O)[O-])cc1NC(=O)C(=O)Nc1cc([N+](=O)[O-])ccc1OC. The number of ether oxygens (including phenoxy) is 2. The number of rotatable bonds is 6. The van der Waals surface area contributed by atoms with E-state index in [1.807, 2.05) is 0 Å². The summed E-state index contributed by atoms with van der Waals surface area (Å²) in [5, 5.41) is 26.1. The first-order valence-corrected chi connectivity index (χ1v) is 7.54. The van der Waals surface area contributed by atoms with Crippen LogP contribution in [0.15, 0.2) is 36.4 Å². The number of hydrogen-bond acceptors (Lipinski definition) is 8. The summed E-state index contributed by atoms with van der Waals surface area (Å²) in [6.07, 6.45) is 0. The molecule has 0 aromatic heterocycles. The Hall–Kier alpha value is -4.22. The van der Waals surface area contributed by atoms with Gasteiger partial charge in [0.25, 0.3) is 11.4 Å². The molecule has 2 N–H and O–H groups in total. The molecule has 2 aromatic rings. The highest BCUT2D eigenvalue weighted by atomic mass is 16.6. The van der Waals surface area contributed by atoms with Gasteiger partial charge >= 0.3 is 11.8 Å². The minimum absolute atomic E-state index is 0.0946. The number of nitrogens with zero attached hydrogens (tertiary/aromatic N) is 2. The van der Waals surface area contributed by atoms with Gasteiger partial charge in [-0.3, -0.25) is 29.8 Å². The first kappa shape index (κ1) is 20.1. The monoisotopic (exact) mass is 390 g/mol. The Morgan fingerprint density at radius 1 is 0.786 bits per heavy atom. The second kappa shape index (κ2) is 8.44. The molecule has 2 aromatic carbocycles. The van der Waals surface area contributed by atoms with Gasteiger partial charge in [-0.05, 0) is 12.1 Å². The molecule has 0 spiro atoms. The molecule has 146 valence electrons. The molecule has 0 saturated heterocycles. The molecule has 2 rings (SSSR count). The Balaban J connectivity index is 2.24. The van der Waals surface area contributed by atoms with E-state index in [0.717, 1.165) is 12.1 Å². The summed E-state index contributed by atoms with van der Waals surface area (Å²) in [6, 6.07) is 6.91. The third-order valence-corrected chi connectivity index (χ3v) is 3.49. The summed E-state index contributed by atoms with van der Waals surface area (Å²) in [5.41, 5.74) is -0.834. The average molecular weight is 390 g/mol. The molecular formula is C16H14N4O8. The number of non-ortho nitro benzene ring substituents is 2. The lowest BCUT2D eigenvalue weighted by Gasteiger charge is -2.11. The Morgan fingerprint density at radius 3 is 1.43 bits per heavy atom. The number of carbonyl (C=O) groups excluding carboxylic acids is 2. The van der Waals surface area contributed by atoms with Crippen LogP contribution in [-0.4, -0.2) is 35.9 Å². The molecular weight excluding hydrogens is 376 g/mol. The molecule has 0 aliphatic heterocycles. The molecule has 0 radical (unpaired) electrons. The van der Waals surface area contributed by atoms with E-state index in [1.165, 1.54) is 38.5 Å². The van der Waals surface area contributed by atoms with Crippen LogP contribution in [0, 0.1) is 20.2 Å². The summed E-state index contributed by atoms with van der Waals surface area (Å²) < 4.78 is 9.99. The van der Waals surface area contributed by atoms with E-state index < -0.39 is 21.7 Å². The molecule has 0 heterocycles. The van der Waals surface area contributed by atoms with Crippen molar-refractivity contribution < 1.29 is 28.9 Å². The van der Waals surface area contributed by atoms with Crippen molar-refractivity contribution in [3.8, 4) is 11.5 Å². The number of nitro groups is 2. The van der Waals surface area contributed by atoms with Gasteiger partial charge in [-0.25, -0.2) is 0 Å². The van der Waals surface area contributed by atoms with Crippen LogP contribution in [0.5, 0.6) is 11.5 Å². The van der Waals surface area contributed by atoms with Crippen molar-refractivity contribution >= 4 is 34.6 Å². The van der Waals surface area contributed by atoms with E-state index in [4.69, 9.17) is 9.47 Å². The predicted molar refractivity (Wildman–Crippen MR) is 96.6 cm³/mol. The zero-order valence-corrected chi connectivity index (χ0v) is 14.6. The fourth-order valence-electron chi connectivity index (χ4n) is 2.17. The summed E-state index contributed by atoms with van der Waals surface area (Å²) in [6.45, 7) is 0. The van der Waals surface area contributed by atoms with Crippen LogP contribution in [0.4, 0.5) is 22.7 Å². The number of methoxy groups -OCH3 is 2. The Kier molecular flexibility index (Phi) is 6.06. The minimum Gasteiger partial charge on any atom is -0.495 e. The van der Waals surface area contributed by atoms with Crippen LogP contribution in [0.1, 0.15) is 0 Å². The lowest BCUT2D eigenvalue weighted by molar-refractivity contribution is -0.385. The molecule has 0 bridgehead atoms. The molecule has 12 heteroatoms. The van der Waals surface area contributed by atoms with Crippen LogP contribution >= 0.6 is 0 Å². The topological polar surface area (TPSA) is 163 Å². The normalized spacial score (nSPS) is 9.93. The van der Waals surface area contributed by atoms with Gasteiger partial charge in [0.1, 0.15) is 11.5 Å². The highest BCUT2D eigenvalue weighted by Gasteiger charge is 2.21. The third-order valence-electron chi connectivity index (χ3n) is 3.49. The van der Waals surface area contributed by atoms with Crippen LogP contribution in [-0.2, 0) is 9.59 Å². The lowest BCUT2D eigenvalue weighted by Crippen LogP contribution is -2.29. The van der Waals surface area contributed by atoms with E-state index in [2.05, 4.69) is 10.6 Å². The maximum Gasteiger partial charge on any atom is 0.314 e. The van der Waals surface area contributed by atoms with Crippen molar-refractivity contribution in [2.75, 3.05) is 24.9 Å². The van der Waals surface area contributed by atoms with Crippen molar-refractivity contribution in [1.82, 2.24) is 0 Å². The van der Waals surface area contributed by atoms with Gasteiger partial charge in [0.15, 0.2) is 0 Å². The van der Waals surface area contributed by atoms with Crippen molar-refractivity contribution in [3.63, 3.8) is 0 Å². The first-order chi connectivity index (χ1) is 13.3. The van der Waals surface area contributed by atoms with Gasteiger partial charge in [0.2, 0.25) is 0 Å². The van der Waals surface area contributed by atoms with Gasteiger partial charge in [0, 0.05) is 24.3 Å². The number of carbonyl (C=O) groups is 2. The van der Waals surface area contributed by atoms with Crippen molar-refractivity contribution in [1.29, 1.82) is 0 Å². The van der Waals surface area contributed by atoms with E-state index in [-0.39, 0.29) is 34.2 Å². The van der Waals surface area contributed by atoms with Crippen LogP contribution < -0.4 is 20.1 Å². The van der Waals surface area contributed by atoms with Crippen molar-refractivity contribution in [2.45, 2.75) is 0 Å². The van der Waals surface area contributed by atoms with Gasteiger partial charge in [0.05, 0.1) is 35.4 Å². The van der Waals surface area contributed by atoms with Crippen LogP contribution in [0.2, 0.25) is 0 Å². The molecule has 0 unspecified atom stereocenters. The Bertz CT molecular complexity index is 882. The molecule has 0 atom stereocenters. The third kappa shape index (κ3) is 4.49. The van der Waals surface area contributed by atoms with Gasteiger partial charge in [-0.2, -0.15) is 0 Å². The van der Waals surface area contributed by atoms with Gasteiger partial charge in [-0.15, -0.1) is 0 Å². The smallest absolute Gasteiger partial charge is 0.314 e. The van der Waals surface area contributed by atoms with Crippen molar-refractivity contribution in [2.24, 2.45) is 0 Å². The molecule has 2 amide bonds. The standard InChI is InChI=1S/C16H14N4O8/c1-27-13-5-3-9(19(23)24)7-11(13)17-15(21)16(22)18-12-8-10(20(25)26)4-6-14(12)28-2/h3-8H,1-2H3,(H,17,21)(H,18,22). The second-order valence-electron chi connectivity index (χ2n) is 5.19. The van der Waals surface area contributed by atoms with E-state index in [0.29, 0.717) is 0 Å². The number of benzene rings is 2. The fourth-order valence-corrected chi connectivity index (χ4v) is 2.17. The molecule has 0 aliphatic carbocycles. The predicted octanol–water partition coefficient (Wildman–Crippen LogP) is 2.10. The van der Waals surface area contributed by atoms with Crippen LogP contribution in [0.3, 0.4) is 0 Å². The zero-order valence-electron chi connectivity index (χ0n) is 14.6. The summed E-state index contributed by atoms with van der Waals surface area (Å²) in [7, 11) is 2.57. The van der Waals surface area contributed by atoms with Crippen molar-refractivity contribution in [3.05, 3.63) is 56.6 Å². The molecule has 0 saturated carbocycles. The number of amides is 2. The molecule has 0 aliphatic rings. The van der Waals surface area contributed by atoms with E-state index in [9.17, 15) is 29.8 Å². The summed E-state index contributed by atoms with van der Waals surface area (Å²) in [4.78, 5) is 44.7. The minimum atomic E-state index is -1.17. The molecule has 12 nitrogen and oxygen atoms in total.